The third-order valence-corrected chi connectivity index (χ3v) is 4.98. The predicted octanol–water partition coefficient (Wildman–Crippen LogP) is 4.89. The molecule has 122 valence electrons. The molecule has 1 aromatic heterocycles. The van der Waals surface area contributed by atoms with Crippen molar-refractivity contribution in [3.63, 3.8) is 0 Å². The standard InChI is InChI=1S/C21H16N2OS/c24-20(19-12-6-10-15-7-4-5-11-18(15)19)22-13-17-14-25-21(23-17)16-8-2-1-3-9-16/h1-12,14H,13H2,(H,22,24). The average Bonchev–Trinajstić information content (AvgIpc) is 3.15. The number of thiazole rings is 1. The van der Waals surface area contributed by atoms with Crippen molar-refractivity contribution in [2.45, 2.75) is 6.54 Å². The molecule has 4 rings (SSSR count). The highest BCUT2D eigenvalue weighted by Gasteiger charge is 2.10. The summed E-state index contributed by atoms with van der Waals surface area (Å²) in [6.45, 7) is 0.422. The Morgan fingerprint density at radius 2 is 1.68 bits per heavy atom. The van der Waals surface area contributed by atoms with Gasteiger partial charge >= 0.3 is 0 Å². The van der Waals surface area contributed by atoms with Crippen LogP contribution in [0.5, 0.6) is 0 Å². The Bertz CT molecular complexity index is 1020. The van der Waals surface area contributed by atoms with Crippen molar-refractivity contribution in [3.8, 4) is 10.6 Å². The minimum absolute atomic E-state index is 0.0777. The molecule has 0 saturated heterocycles. The molecule has 1 heterocycles. The molecule has 4 heteroatoms. The Kier molecular flexibility index (Phi) is 4.27. The van der Waals surface area contributed by atoms with E-state index in [1.165, 1.54) is 0 Å². The quantitative estimate of drug-likeness (QED) is 0.572. The second-order valence-corrected chi connectivity index (χ2v) is 6.58. The molecule has 1 N–H and O–H groups in total. The lowest BCUT2D eigenvalue weighted by Crippen LogP contribution is -2.23. The second kappa shape index (κ2) is 6.87. The lowest BCUT2D eigenvalue weighted by Gasteiger charge is -2.07. The molecule has 25 heavy (non-hydrogen) atoms. The van der Waals surface area contributed by atoms with Gasteiger partial charge in [-0.1, -0.05) is 66.7 Å². The van der Waals surface area contributed by atoms with E-state index >= 15 is 0 Å². The maximum Gasteiger partial charge on any atom is 0.252 e. The van der Waals surface area contributed by atoms with E-state index in [0.29, 0.717) is 12.1 Å². The highest BCUT2D eigenvalue weighted by molar-refractivity contribution is 7.13. The van der Waals surface area contributed by atoms with E-state index in [1.807, 2.05) is 78.2 Å². The highest BCUT2D eigenvalue weighted by Crippen LogP contribution is 2.23. The molecule has 0 unspecified atom stereocenters. The number of carbonyl (C=O) groups is 1. The van der Waals surface area contributed by atoms with Gasteiger partial charge in [0.2, 0.25) is 0 Å². The zero-order valence-corrected chi connectivity index (χ0v) is 14.3. The normalized spacial score (nSPS) is 10.7. The maximum atomic E-state index is 12.6. The van der Waals surface area contributed by atoms with Crippen LogP contribution in [0.4, 0.5) is 0 Å². The minimum Gasteiger partial charge on any atom is -0.346 e. The first-order chi connectivity index (χ1) is 12.3. The summed E-state index contributed by atoms with van der Waals surface area (Å²) in [7, 11) is 0. The summed E-state index contributed by atoms with van der Waals surface area (Å²) in [5.74, 6) is -0.0777. The number of fused-ring (bicyclic) bond motifs is 1. The summed E-state index contributed by atoms with van der Waals surface area (Å²) in [4.78, 5) is 17.2. The summed E-state index contributed by atoms with van der Waals surface area (Å²) in [6.07, 6.45) is 0. The first kappa shape index (κ1) is 15.5. The number of amides is 1. The molecule has 4 aromatic rings. The molecule has 0 aliphatic carbocycles. The molecule has 0 radical (unpaired) electrons. The van der Waals surface area contributed by atoms with Crippen LogP contribution < -0.4 is 5.32 Å². The molecular weight excluding hydrogens is 328 g/mol. The number of nitrogens with zero attached hydrogens (tertiary/aromatic N) is 1. The van der Waals surface area contributed by atoms with Gasteiger partial charge in [-0.3, -0.25) is 4.79 Å². The first-order valence-electron chi connectivity index (χ1n) is 8.07. The highest BCUT2D eigenvalue weighted by atomic mass is 32.1. The molecule has 1 amide bonds. The third kappa shape index (κ3) is 3.30. The van der Waals surface area contributed by atoms with E-state index in [0.717, 1.165) is 27.0 Å². The number of benzene rings is 3. The van der Waals surface area contributed by atoms with Crippen molar-refractivity contribution < 1.29 is 4.79 Å². The van der Waals surface area contributed by atoms with Gasteiger partial charge in [0.05, 0.1) is 12.2 Å². The summed E-state index contributed by atoms with van der Waals surface area (Å²) >= 11 is 1.59. The van der Waals surface area contributed by atoms with Crippen LogP contribution in [0.1, 0.15) is 16.1 Å². The van der Waals surface area contributed by atoms with Crippen molar-refractivity contribution in [2.24, 2.45) is 0 Å². The molecule has 0 aliphatic heterocycles. The van der Waals surface area contributed by atoms with E-state index in [4.69, 9.17) is 0 Å². The molecular formula is C21H16N2OS. The monoisotopic (exact) mass is 344 g/mol. The number of nitrogens with one attached hydrogen (secondary N) is 1. The molecule has 0 aliphatic rings. The fourth-order valence-corrected chi connectivity index (χ4v) is 3.62. The van der Waals surface area contributed by atoms with Crippen molar-refractivity contribution in [2.75, 3.05) is 0 Å². The SMILES string of the molecule is O=C(NCc1csc(-c2ccccc2)n1)c1cccc2ccccc12. The Balaban J connectivity index is 1.50. The molecule has 0 bridgehead atoms. The van der Waals surface area contributed by atoms with Crippen molar-refractivity contribution in [3.05, 3.63) is 89.4 Å². The van der Waals surface area contributed by atoms with Crippen LogP contribution in [0.3, 0.4) is 0 Å². The van der Waals surface area contributed by atoms with Crippen LogP contribution >= 0.6 is 11.3 Å². The summed E-state index contributed by atoms with van der Waals surface area (Å²) in [5, 5.41) is 7.97. The lowest BCUT2D eigenvalue weighted by molar-refractivity contribution is 0.0952. The topological polar surface area (TPSA) is 42.0 Å². The van der Waals surface area contributed by atoms with E-state index in [2.05, 4.69) is 10.3 Å². The molecule has 0 fully saturated rings. The average molecular weight is 344 g/mol. The number of hydrogen-bond acceptors (Lipinski definition) is 3. The molecule has 0 saturated carbocycles. The van der Waals surface area contributed by atoms with Gasteiger partial charge in [0, 0.05) is 16.5 Å². The number of aromatic nitrogens is 1. The molecule has 0 atom stereocenters. The molecule has 0 spiro atoms. The smallest absolute Gasteiger partial charge is 0.252 e. The van der Waals surface area contributed by atoms with Crippen LogP contribution in [0.2, 0.25) is 0 Å². The van der Waals surface area contributed by atoms with Crippen LogP contribution in [-0.2, 0) is 6.54 Å². The van der Waals surface area contributed by atoms with Crippen LogP contribution in [0, 0.1) is 0 Å². The minimum atomic E-state index is -0.0777. The number of carbonyl (C=O) groups excluding carboxylic acids is 1. The van der Waals surface area contributed by atoms with Gasteiger partial charge in [0.15, 0.2) is 0 Å². The largest absolute Gasteiger partial charge is 0.346 e. The van der Waals surface area contributed by atoms with Crippen molar-refractivity contribution >= 4 is 28.0 Å². The number of rotatable bonds is 4. The fourth-order valence-electron chi connectivity index (χ4n) is 2.79. The zero-order chi connectivity index (χ0) is 17.1. The van der Waals surface area contributed by atoms with Crippen LogP contribution in [-0.4, -0.2) is 10.9 Å². The second-order valence-electron chi connectivity index (χ2n) is 5.72. The lowest BCUT2D eigenvalue weighted by atomic mass is 10.0. The summed E-state index contributed by atoms with van der Waals surface area (Å²) < 4.78 is 0. The molecule has 3 aromatic carbocycles. The van der Waals surface area contributed by atoms with Gasteiger partial charge in [-0.15, -0.1) is 11.3 Å². The van der Waals surface area contributed by atoms with Gasteiger partial charge in [-0.2, -0.15) is 0 Å². The Morgan fingerprint density at radius 1 is 0.920 bits per heavy atom. The first-order valence-corrected chi connectivity index (χ1v) is 8.95. The maximum absolute atomic E-state index is 12.6. The van der Waals surface area contributed by atoms with E-state index in [-0.39, 0.29) is 5.91 Å². The van der Waals surface area contributed by atoms with Crippen LogP contribution in [0.25, 0.3) is 21.3 Å². The predicted molar refractivity (Wildman–Crippen MR) is 103 cm³/mol. The fraction of sp³-hybridized carbons (Fsp3) is 0.0476. The van der Waals surface area contributed by atoms with E-state index < -0.39 is 0 Å². The van der Waals surface area contributed by atoms with Gasteiger partial charge in [-0.25, -0.2) is 4.98 Å². The van der Waals surface area contributed by atoms with Crippen molar-refractivity contribution in [1.82, 2.24) is 10.3 Å². The summed E-state index contributed by atoms with van der Waals surface area (Å²) in [6, 6.07) is 23.8. The Morgan fingerprint density at radius 3 is 2.56 bits per heavy atom. The van der Waals surface area contributed by atoms with Crippen molar-refractivity contribution in [1.29, 1.82) is 0 Å². The molecule has 3 nitrogen and oxygen atoms in total. The summed E-state index contributed by atoms with van der Waals surface area (Å²) in [5.41, 5.74) is 2.66. The van der Waals surface area contributed by atoms with E-state index in [1.54, 1.807) is 11.3 Å². The Labute approximate surface area is 150 Å². The third-order valence-electron chi connectivity index (χ3n) is 4.04. The number of hydrogen-bond donors (Lipinski definition) is 1. The van der Waals surface area contributed by atoms with Gasteiger partial charge in [0.25, 0.3) is 5.91 Å². The van der Waals surface area contributed by atoms with Gasteiger partial charge < -0.3 is 5.32 Å². The Hall–Kier alpha value is -2.98. The van der Waals surface area contributed by atoms with E-state index in [9.17, 15) is 4.79 Å². The van der Waals surface area contributed by atoms with Crippen LogP contribution in [0.15, 0.2) is 78.2 Å². The van der Waals surface area contributed by atoms with Gasteiger partial charge in [-0.05, 0) is 16.8 Å². The van der Waals surface area contributed by atoms with Gasteiger partial charge in [0.1, 0.15) is 5.01 Å². The zero-order valence-electron chi connectivity index (χ0n) is 13.5.